The van der Waals surface area contributed by atoms with Crippen LogP contribution in [0.15, 0.2) is 0 Å². The lowest BCUT2D eigenvalue weighted by Crippen LogP contribution is -2.28. The molecule has 15 heavy (non-hydrogen) atoms. The van der Waals surface area contributed by atoms with Gasteiger partial charge in [0.05, 0.1) is 0 Å². The number of unbranched alkanes of at least 4 members (excludes halogenated alkanes) is 1. The van der Waals surface area contributed by atoms with Gasteiger partial charge in [-0.3, -0.25) is 0 Å². The van der Waals surface area contributed by atoms with E-state index in [2.05, 4.69) is 44.8 Å². The van der Waals surface area contributed by atoms with Crippen molar-refractivity contribution >= 4 is 11.8 Å². The second kappa shape index (κ2) is 10.8. The monoisotopic (exact) mass is 231 g/mol. The summed E-state index contributed by atoms with van der Waals surface area (Å²) in [4.78, 5) is 0. The molecule has 0 heterocycles. The van der Waals surface area contributed by atoms with Gasteiger partial charge in [0, 0.05) is 18.3 Å². The van der Waals surface area contributed by atoms with Gasteiger partial charge in [-0.15, -0.1) is 0 Å². The molecule has 0 aliphatic carbocycles. The van der Waals surface area contributed by atoms with Crippen molar-refractivity contribution in [3.63, 3.8) is 0 Å². The Kier molecular flexibility index (Phi) is 11.0. The van der Waals surface area contributed by atoms with Gasteiger partial charge in [0.1, 0.15) is 0 Å². The Morgan fingerprint density at radius 1 is 1.07 bits per heavy atom. The molecule has 0 aromatic rings. The molecule has 0 aromatic carbocycles. The Morgan fingerprint density at radius 3 is 2.40 bits per heavy atom. The molecule has 0 aliphatic rings. The van der Waals surface area contributed by atoms with Crippen molar-refractivity contribution in [2.45, 2.75) is 59.4 Å². The molecule has 0 saturated heterocycles. The molecular weight excluding hydrogens is 202 g/mol. The van der Waals surface area contributed by atoms with Gasteiger partial charge in [-0.2, -0.15) is 11.8 Å². The molecule has 0 saturated carbocycles. The minimum atomic E-state index is 0.694. The highest BCUT2D eigenvalue weighted by atomic mass is 32.2. The highest BCUT2D eigenvalue weighted by molar-refractivity contribution is 7.99. The van der Waals surface area contributed by atoms with E-state index in [9.17, 15) is 0 Å². The fraction of sp³-hybridized carbons (Fsp3) is 1.00. The van der Waals surface area contributed by atoms with Gasteiger partial charge in [0.25, 0.3) is 0 Å². The van der Waals surface area contributed by atoms with Crippen LogP contribution in [0.2, 0.25) is 0 Å². The molecule has 0 bridgehead atoms. The van der Waals surface area contributed by atoms with Crippen LogP contribution in [0, 0.1) is 5.92 Å². The number of hydrogen-bond donors (Lipinski definition) is 1. The molecular formula is C13H29NS. The van der Waals surface area contributed by atoms with Crippen LogP contribution in [0.4, 0.5) is 0 Å². The average Bonchev–Trinajstić information content (AvgIpc) is 2.20. The summed E-state index contributed by atoms with van der Waals surface area (Å²) in [6, 6.07) is 0.694. The average molecular weight is 231 g/mol. The predicted molar refractivity (Wildman–Crippen MR) is 73.8 cm³/mol. The maximum absolute atomic E-state index is 3.59. The molecule has 92 valence electrons. The van der Waals surface area contributed by atoms with Crippen LogP contribution in [0.25, 0.3) is 0 Å². The van der Waals surface area contributed by atoms with Gasteiger partial charge in [0.15, 0.2) is 0 Å². The first-order valence-corrected chi connectivity index (χ1v) is 7.63. The number of hydrogen-bond acceptors (Lipinski definition) is 2. The molecule has 0 aromatic heterocycles. The SMILES string of the molecule is CCCCSCCNC(C)CCC(C)C. The third-order valence-corrected chi connectivity index (χ3v) is 3.63. The van der Waals surface area contributed by atoms with Crippen LogP contribution in [-0.4, -0.2) is 24.1 Å². The van der Waals surface area contributed by atoms with Crippen molar-refractivity contribution in [3.05, 3.63) is 0 Å². The van der Waals surface area contributed by atoms with Crippen LogP contribution >= 0.6 is 11.8 Å². The summed E-state index contributed by atoms with van der Waals surface area (Å²) in [5.74, 6) is 3.44. The first-order chi connectivity index (χ1) is 7.16. The van der Waals surface area contributed by atoms with E-state index in [0.29, 0.717) is 6.04 Å². The molecule has 0 fully saturated rings. The van der Waals surface area contributed by atoms with E-state index >= 15 is 0 Å². The minimum absolute atomic E-state index is 0.694. The van der Waals surface area contributed by atoms with Gasteiger partial charge in [-0.1, -0.05) is 27.2 Å². The Hall–Kier alpha value is 0.310. The van der Waals surface area contributed by atoms with Gasteiger partial charge in [-0.05, 0) is 37.9 Å². The topological polar surface area (TPSA) is 12.0 Å². The third-order valence-electron chi connectivity index (χ3n) is 2.56. The van der Waals surface area contributed by atoms with E-state index in [1.54, 1.807) is 0 Å². The van der Waals surface area contributed by atoms with Gasteiger partial charge in [0.2, 0.25) is 0 Å². The Bertz CT molecular complexity index is 126. The highest BCUT2D eigenvalue weighted by Gasteiger charge is 2.02. The van der Waals surface area contributed by atoms with Crippen molar-refractivity contribution in [2.75, 3.05) is 18.1 Å². The van der Waals surface area contributed by atoms with Crippen molar-refractivity contribution in [1.82, 2.24) is 5.32 Å². The molecule has 0 aliphatic heterocycles. The summed E-state index contributed by atoms with van der Waals surface area (Å²) in [6.07, 6.45) is 5.35. The van der Waals surface area contributed by atoms with Crippen LogP contribution in [0.5, 0.6) is 0 Å². The Balaban J connectivity index is 3.13. The molecule has 0 spiro atoms. The van der Waals surface area contributed by atoms with Crippen LogP contribution in [0.1, 0.15) is 53.4 Å². The van der Waals surface area contributed by atoms with E-state index in [-0.39, 0.29) is 0 Å². The summed E-state index contributed by atoms with van der Waals surface area (Å²) >= 11 is 2.08. The number of nitrogens with one attached hydrogen (secondary N) is 1. The second-order valence-corrected chi connectivity index (χ2v) is 6.02. The lowest BCUT2D eigenvalue weighted by molar-refractivity contribution is 0.460. The zero-order chi connectivity index (χ0) is 11.5. The molecule has 1 unspecified atom stereocenters. The van der Waals surface area contributed by atoms with Crippen LogP contribution < -0.4 is 5.32 Å². The Labute approximate surface area is 101 Å². The highest BCUT2D eigenvalue weighted by Crippen LogP contribution is 2.07. The van der Waals surface area contributed by atoms with Crippen molar-refractivity contribution in [1.29, 1.82) is 0 Å². The van der Waals surface area contributed by atoms with Crippen molar-refractivity contribution < 1.29 is 0 Å². The van der Waals surface area contributed by atoms with Gasteiger partial charge < -0.3 is 5.32 Å². The Morgan fingerprint density at radius 2 is 1.80 bits per heavy atom. The molecule has 1 N–H and O–H groups in total. The van der Waals surface area contributed by atoms with E-state index in [4.69, 9.17) is 0 Å². The van der Waals surface area contributed by atoms with Crippen LogP contribution in [0.3, 0.4) is 0 Å². The van der Waals surface area contributed by atoms with E-state index < -0.39 is 0 Å². The fourth-order valence-electron chi connectivity index (χ4n) is 1.41. The number of rotatable bonds is 10. The van der Waals surface area contributed by atoms with Crippen LogP contribution in [-0.2, 0) is 0 Å². The molecule has 1 nitrogen and oxygen atoms in total. The molecule has 0 amide bonds. The zero-order valence-electron chi connectivity index (χ0n) is 11.0. The van der Waals surface area contributed by atoms with Crippen molar-refractivity contribution in [3.8, 4) is 0 Å². The standard InChI is InChI=1S/C13H29NS/c1-5-6-10-15-11-9-14-13(4)8-7-12(2)3/h12-14H,5-11H2,1-4H3. The van der Waals surface area contributed by atoms with E-state index in [1.165, 1.54) is 43.7 Å². The summed E-state index contributed by atoms with van der Waals surface area (Å²) in [7, 11) is 0. The number of thioether (sulfide) groups is 1. The minimum Gasteiger partial charge on any atom is -0.313 e. The summed E-state index contributed by atoms with van der Waals surface area (Å²) in [5.41, 5.74) is 0. The largest absolute Gasteiger partial charge is 0.313 e. The molecule has 0 rings (SSSR count). The summed E-state index contributed by atoms with van der Waals surface area (Å²) < 4.78 is 0. The lowest BCUT2D eigenvalue weighted by atomic mass is 10.0. The fourth-order valence-corrected chi connectivity index (χ4v) is 2.37. The van der Waals surface area contributed by atoms with Gasteiger partial charge >= 0.3 is 0 Å². The van der Waals surface area contributed by atoms with Gasteiger partial charge in [-0.25, -0.2) is 0 Å². The second-order valence-electron chi connectivity index (χ2n) is 4.79. The van der Waals surface area contributed by atoms with E-state index in [1.807, 2.05) is 0 Å². The first-order valence-electron chi connectivity index (χ1n) is 6.48. The predicted octanol–water partition coefficient (Wildman–Crippen LogP) is 3.93. The summed E-state index contributed by atoms with van der Waals surface area (Å²) in [5, 5.41) is 3.59. The lowest BCUT2D eigenvalue weighted by Gasteiger charge is -2.14. The zero-order valence-corrected chi connectivity index (χ0v) is 11.8. The molecule has 0 radical (unpaired) electrons. The van der Waals surface area contributed by atoms with Crippen molar-refractivity contribution in [2.24, 2.45) is 5.92 Å². The normalized spacial score (nSPS) is 13.4. The maximum atomic E-state index is 3.59. The maximum Gasteiger partial charge on any atom is 0.00581 e. The first kappa shape index (κ1) is 15.3. The molecule has 2 heteroatoms. The summed E-state index contributed by atoms with van der Waals surface area (Å²) in [6.45, 7) is 10.3. The smallest absolute Gasteiger partial charge is 0.00581 e. The quantitative estimate of drug-likeness (QED) is 0.572. The molecule has 1 atom stereocenters. The van der Waals surface area contributed by atoms with E-state index in [0.717, 1.165) is 5.92 Å². The third kappa shape index (κ3) is 12.2.